The maximum absolute atomic E-state index is 11.9. The van der Waals surface area contributed by atoms with Crippen molar-refractivity contribution in [2.24, 2.45) is 0 Å². The average molecular weight is 331 g/mol. The summed E-state index contributed by atoms with van der Waals surface area (Å²) in [5, 5.41) is 11.8. The SMILES string of the molecule is O=C(CSCc1ccccc1)Nc1nnc(-c2ccco2)s1. The van der Waals surface area contributed by atoms with E-state index in [1.54, 1.807) is 24.1 Å². The largest absolute Gasteiger partial charge is 0.462 e. The molecular weight excluding hydrogens is 318 g/mol. The molecule has 0 atom stereocenters. The first-order valence-electron chi connectivity index (χ1n) is 6.60. The van der Waals surface area contributed by atoms with Gasteiger partial charge in [0.15, 0.2) is 10.8 Å². The van der Waals surface area contributed by atoms with Crippen molar-refractivity contribution in [1.82, 2.24) is 10.2 Å². The number of furan rings is 1. The van der Waals surface area contributed by atoms with Gasteiger partial charge >= 0.3 is 0 Å². The van der Waals surface area contributed by atoms with Crippen LogP contribution in [0, 0.1) is 0 Å². The van der Waals surface area contributed by atoms with E-state index in [1.165, 1.54) is 16.9 Å². The molecule has 0 aliphatic rings. The maximum Gasteiger partial charge on any atom is 0.236 e. The Kier molecular flexibility index (Phi) is 4.87. The third kappa shape index (κ3) is 3.96. The normalized spacial score (nSPS) is 10.5. The summed E-state index contributed by atoms with van der Waals surface area (Å²) in [6.45, 7) is 0. The van der Waals surface area contributed by atoms with E-state index in [1.807, 2.05) is 36.4 Å². The van der Waals surface area contributed by atoms with Crippen LogP contribution in [0.25, 0.3) is 10.8 Å². The van der Waals surface area contributed by atoms with E-state index in [2.05, 4.69) is 15.5 Å². The van der Waals surface area contributed by atoms with Gasteiger partial charge in [0.2, 0.25) is 11.0 Å². The van der Waals surface area contributed by atoms with Crippen LogP contribution in [0.15, 0.2) is 53.1 Å². The number of nitrogens with one attached hydrogen (secondary N) is 1. The average Bonchev–Trinajstić information content (AvgIpc) is 3.19. The Hall–Kier alpha value is -2.12. The molecule has 1 amide bonds. The Morgan fingerprint density at radius 3 is 2.82 bits per heavy atom. The highest BCUT2D eigenvalue weighted by atomic mass is 32.2. The first-order chi connectivity index (χ1) is 10.8. The molecule has 0 radical (unpaired) electrons. The van der Waals surface area contributed by atoms with Gasteiger partial charge in [0, 0.05) is 5.75 Å². The molecule has 112 valence electrons. The fourth-order valence-corrected chi connectivity index (χ4v) is 3.28. The van der Waals surface area contributed by atoms with Crippen molar-refractivity contribution in [3.05, 3.63) is 54.3 Å². The molecule has 0 saturated heterocycles. The lowest BCUT2D eigenvalue weighted by Crippen LogP contribution is -2.13. The molecular formula is C15H13N3O2S2. The number of nitrogens with zero attached hydrogens (tertiary/aromatic N) is 2. The molecule has 1 aromatic carbocycles. The number of carbonyl (C=O) groups excluding carboxylic acids is 1. The van der Waals surface area contributed by atoms with E-state index in [-0.39, 0.29) is 5.91 Å². The van der Waals surface area contributed by atoms with Gasteiger partial charge in [-0.15, -0.1) is 22.0 Å². The van der Waals surface area contributed by atoms with E-state index in [0.717, 1.165) is 5.75 Å². The molecule has 3 rings (SSSR count). The van der Waals surface area contributed by atoms with Gasteiger partial charge < -0.3 is 4.42 Å². The van der Waals surface area contributed by atoms with E-state index in [4.69, 9.17) is 4.42 Å². The Labute approximate surface area is 135 Å². The van der Waals surface area contributed by atoms with Gasteiger partial charge in [-0.05, 0) is 17.7 Å². The number of anilines is 1. The van der Waals surface area contributed by atoms with Gasteiger partial charge in [-0.25, -0.2) is 0 Å². The second-order valence-electron chi connectivity index (χ2n) is 4.42. The zero-order valence-electron chi connectivity index (χ0n) is 11.6. The van der Waals surface area contributed by atoms with E-state index in [0.29, 0.717) is 21.7 Å². The topological polar surface area (TPSA) is 68.0 Å². The van der Waals surface area contributed by atoms with Crippen LogP contribution in [0.1, 0.15) is 5.56 Å². The molecule has 1 N–H and O–H groups in total. The smallest absolute Gasteiger partial charge is 0.236 e. The molecule has 0 bridgehead atoms. The minimum atomic E-state index is -0.0805. The summed E-state index contributed by atoms with van der Waals surface area (Å²) in [6, 6.07) is 13.7. The number of thioether (sulfide) groups is 1. The molecule has 0 aliphatic heterocycles. The summed E-state index contributed by atoms with van der Waals surface area (Å²) in [5.74, 6) is 1.76. The number of aromatic nitrogens is 2. The van der Waals surface area contributed by atoms with Gasteiger partial charge in [0.25, 0.3) is 0 Å². The van der Waals surface area contributed by atoms with E-state index < -0.39 is 0 Å². The Balaban J connectivity index is 1.48. The number of rotatable bonds is 6. The molecule has 2 heterocycles. The zero-order chi connectivity index (χ0) is 15.2. The van der Waals surface area contributed by atoms with Crippen molar-refractivity contribution in [2.75, 3.05) is 11.1 Å². The summed E-state index contributed by atoms with van der Waals surface area (Å²) in [6.07, 6.45) is 1.58. The number of benzene rings is 1. The number of hydrogen-bond donors (Lipinski definition) is 1. The predicted octanol–water partition coefficient (Wildman–Crippen LogP) is 3.67. The summed E-state index contributed by atoms with van der Waals surface area (Å²) in [4.78, 5) is 11.9. The first-order valence-corrected chi connectivity index (χ1v) is 8.57. The highest BCUT2D eigenvalue weighted by Crippen LogP contribution is 2.26. The van der Waals surface area contributed by atoms with Gasteiger partial charge in [0.05, 0.1) is 12.0 Å². The third-order valence-electron chi connectivity index (χ3n) is 2.75. The van der Waals surface area contributed by atoms with Crippen LogP contribution in [0.3, 0.4) is 0 Å². The fourth-order valence-electron chi connectivity index (χ4n) is 1.76. The van der Waals surface area contributed by atoms with Crippen molar-refractivity contribution in [2.45, 2.75) is 5.75 Å². The third-order valence-corrected chi connectivity index (χ3v) is 4.61. The van der Waals surface area contributed by atoms with Gasteiger partial charge in [0.1, 0.15) is 0 Å². The Morgan fingerprint density at radius 2 is 2.05 bits per heavy atom. The van der Waals surface area contributed by atoms with Crippen LogP contribution in [0.5, 0.6) is 0 Å². The molecule has 22 heavy (non-hydrogen) atoms. The quantitative estimate of drug-likeness (QED) is 0.746. The predicted molar refractivity (Wildman–Crippen MR) is 88.8 cm³/mol. The lowest BCUT2D eigenvalue weighted by atomic mass is 10.2. The van der Waals surface area contributed by atoms with Crippen molar-refractivity contribution in [3.8, 4) is 10.8 Å². The molecule has 0 saturated carbocycles. The second kappa shape index (κ2) is 7.24. The van der Waals surface area contributed by atoms with Crippen molar-refractivity contribution >= 4 is 34.1 Å². The molecule has 0 unspecified atom stereocenters. The maximum atomic E-state index is 11.9. The standard InChI is InChI=1S/C15H13N3O2S2/c19-13(10-21-9-11-5-2-1-3-6-11)16-15-18-17-14(22-15)12-7-4-8-20-12/h1-8H,9-10H2,(H,16,18,19). The molecule has 3 aromatic rings. The molecule has 2 aromatic heterocycles. The van der Waals surface area contributed by atoms with Gasteiger partial charge in [-0.3, -0.25) is 10.1 Å². The van der Waals surface area contributed by atoms with Gasteiger partial charge in [-0.1, -0.05) is 41.7 Å². The molecule has 5 nitrogen and oxygen atoms in total. The van der Waals surface area contributed by atoms with Crippen LogP contribution in [0.2, 0.25) is 0 Å². The second-order valence-corrected chi connectivity index (χ2v) is 6.38. The molecule has 0 aliphatic carbocycles. The monoisotopic (exact) mass is 331 g/mol. The molecule has 0 spiro atoms. The summed E-state index contributed by atoms with van der Waals surface area (Å²) < 4.78 is 5.24. The van der Waals surface area contributed by atoms with Crippen molar-refractivity contribution < 1.29 is 9.21 Å². The number of carbonyl (C=O) groups is 1. The zero-order valence-corrected chi connectivity index (χ0v) is 13.2. The van der Waals surface area contributed by atoms with E-state index in [9.17, 15) is 4.79 Å². The molecule has 7 heteroatoms. The first kappa shape index (κ1) is 14.8. The van der Waals surface area contributed by atoms with E-state index >= 15 is 0 Å². The lowest BCUT2D eigenvalue weighted by molar-refractivity contribution is -0.113. The summed E-state index contributed by atoms with van der Waals surface area (Å²) in [5.41, 5.74) is 1.20. The van der Waals surface area contributed by atoms with Crippen LogP contribution in [-0.2, 0) is 10.5 Å². The minimum Gasteiger partial charge on any atom is -0.462 e. The Bertz CT molecular complexity index is 726. The van der Waals surface area contributed by atoms with Crippen LogP contribution < -0.4 is 5.32 Å². The van der Waals surface area contributed by atoms with Crippen LogP contribution in [-0.4, -0.2) is 21.9 Å². The fraction of sp³-hybridized carbons (Fsp3) is 0.133. The Morgan fingerprint density at radius 1 is 1.18 bits per heavy atom. The lowest BCUT2D eigenvalue weighted by Gasteiger charge is -2.01. The number of hydrogen-bond acceptors (Lipinski definition) is 6. The van der Waals surface area contributed by atoms with Gasteiger partial charge in [-0.2, -0.15) is 0 Å². The van der Waals surface area contributed by atoms with Crippen LogP contribution in [0.4, 0.5) is 5.13 Å². The number of amides is 1. The molecule has 0 fully saturated rings. The summed E-state index contributed by atoms with van der Waals surface area (Å²) in [7, 11) is 0. The summed E-state index contributed by atoms with van der Waals surface area (Å²) >= 11 is 2.86. The van der Waals surface area contributed by atoms with Crippen molar-refractivity contribution in [3.63, 3.8) is 0 Å². The highest BCUT2D eigenvalue weighted by molar-refractivity contribution is 7.99. The highest BCUT2D eigenvalue weighted by Gasteiger charge is 2.11. The minimum absolute atomic E-state index is 0.0805. The van der Waals surface area contributed by atoms with Crippen LogP contribution >= 0.6 is 23.1 Å². The van der Waals surface area contributed by atoms with Crippen molar-refractivity contribution in [1.29, 1.82) is 0 Å².